The van der Waals surface area contributed by atoms with Crippen molar-refractivity contribution < 1.29 is 4.74 Å². The predicted molar refractivity (Wildman–Crippen MR) is 129 cm³/mol. The molecule has 0 spiro atoms. The van der Waals surface area contributed by atoms with Crippen LogP contribution in [0.1, 0.15) is 43.0 Å². The van der Waals surface area contributed by atoms with Crippen LogP contribution in [0.3, 0.4) is 0 Å². The van der Waals surface area contributed by atoms with E-state index in [1.165, 1.54) is 27.9 Å². The van der Waals surface area contributed by atoms with Crippen LogP contribution in [0.25, 0.3) is 10.9 Å². The maximum absolute atomic E-state index is 6.33. The fraction of sp³-hybridized carbons (Fsp3) is 0.250. The number of para-hydroxylation sites is 2. The molecule has 0 bridgehead atoms. The minimum atomic E-state index is 0.0984. The molecule has 3 nitrogen and oxygen atoms in total. The van der Waals surface area contributed by atoms with Crippen molar-refractivity contribution in [2.75, 3.05) is 4.90 Å². The van der Waals surface area contributed by atoms with Gasteiger partial charge in [-0.1, -0.05) is 56.7 Å². The van der Waals surface area contributed by atoms with Crippen LogP contribution in [-0.2, 0) is 5.41 Å². The SMILES string of the molecule is Cc1ccc2nc3c(cc2c1)Oc1ccccc1N3c1c(C)cc(C(C)(C)C)cc1C. The third-order valence-corrected chi connectivity index (χ3v) is 6.03. The van der Waals surface area contributed by atoms with Gasteiger partial charge in [0.15, 0.2) is 17.3 Å². The summed E-state index contributed by atoms with van der Waals surface area (Å²) in [5.74, 6) is 2.47. The number of aromatic nitrogens is 1. The summed E-state index contributed by atoms with van der Waals surface area (Å²) in [7, 11) is 0. The minimum absolute atomic E-state index is 0.0984. The lowest BCUT2D eigenvalue weighted by atomic mass is 9.84. The normalized spacial score (nSPS) is 13.0. The summed E-state index contributed by atoms with van der Waals surface area (Å²) in [5, 5.41) is 1.09. The van der Waals surface area contributed by atoms with Crippen LogP contribution in [-0.4, -0.2) is 4.98 Å². The highest BCUT2D eigenvalue weighted by atomic mass is 16.5. The van der Waals surface area contributed by atoms with E-state index < -0.39 is 0 Å². The molecule has 2 heterocycles. The number of nitrogens with zero attached hydrogens (tertiary/aromatic N) is 2. The predicted octanol–water partition coefficient (Wildman–Crippen LogP) is 8.03. The van der Waals surface area contributed by atoms with Gasteiger partial charge in [0.05, 0.1) is 16.9 Å². The van der Waals surface area contributed by atoms with Crippen molar-refractivity contribution in [1.82, 2.24) is 4.98 Å². The van der Waals surface area contributed by atoms with Crippen LogP contribution in [0, 0.1) is 20.8 Å². The Morgan fingerprint density at radius 1 is 0.806 bits per heavy atom. The van der Waals surface area contributed by atoms with Gasteiger partial charge in [-0.2, -0.15) is 0 Å². The Labute approximate surface area is 184 Å². The van der Waals surface area contributed by atoms with E-state index in [-0.39, 0.29) is 5.41 Å². The molecule has 0 N–H and O–H groups in total. The molecule has 1 aliphatic rings. The summed E-state index contributed by atoms with van der Waals surface area (Å²) < 4.78 is 6.33. The lowest BCUT2D eigenvalue weighted by Crippen LogP contribution is -2.20. The van der Waals surface area contributed by atoms with Gasteiger partial charge in [0.2, 0.25) is 0 Å². The second kappa shape index (κ2) is 6.84. The molecule has 0 fully saturated rings. The van der Waals surface area contributed by atoms with Gasteiger partial charge >= 0.3 is 0 Å². The van der Waals surface area contributed by atoms with Crippen molar-refractivity contribution in [3.05, 3.63) is 82.9 Å². The van der Waals surface area contributed by atoms with Gasteiger partial charge in [-0.3, -0.25) is 4.90 Å². The number of aryl methyl sites for hydroxylation is 3. The minimum Gasteiger partial charge on any atom is -0.451 e. The van der Waals surface area contributed by atoms with Crippen LogP contribution >= 0.6 is 0 Å². The summed E-state index contributed by atoms with van der Waals surface area (Å²) >= 11 is 0. The molecule has 4 aromatic rings. The highest BCUT2D eigenvalue weighted by Gasteiger charge is 2.30. The standard InChI is InChI=1S/C28H28N2O/c1-17-11-12-22-20(13-17)16-25-27(29-22)30(23-9-7-8-10-24(23)31-25)26-18(2)14-21(15-19(26)3)28(4,5)6/h7-16H,1-6H3. The molecule has 0 saturated heterocycles. The number of rotatable bonds is 1. The largest absolute Gasteiger partial charge is 0.451 e. The average molecular weight is 409 g/mol. The number of hydrogen-bond donors (Lipinski definition) is 0. The van der Waals surface area contributed by atoms with Gasteiger partial charge < -0.3 is 4.74 Å². The van der Waals surface area contributed by atoms with Crippen molar-refractivity contribution in [2.45, 2.75) is 47.0 Å². The smallest absolute Gasteiger partial charge is 0.181 e. The van der Waals surface area contributed by atoms with E-state index in [4.69, 9.17) is 9.72 Å². The molecule has 3 heteroatoms. The monoisotopic (exact) mass is 408 g/mol. The Morgan fingerprint density at radius 3 is 2.23 bits per heavy atom. The molecule has 0 amide bonds. The molecule has 0 saturated carbocycles. The van der Waals surface area contributed by atoms with E-state index in [1.807, 2.05) is 12.1 Å². The quantitative estimate of drug-likeness (QED) is 0.281. The molecule has 0 radical (unpaired) electrons. The Balaban J connectivity index is 1.79. The highest BCUT2D eigenvalue weighted by molar-refractivity contribution is 5.92. The first-order valence-corrected chi connectivity index (χ1v) is 10.8. The second-order valence-corrected chi connectivity index (χ2v) is 9.62. The fourth-order valence-electron chi connectivity index (χ4n) is 4.43. The zero-order valence-electron chi connectivity index (χ0n) is 19.1. The van der Waals surface area contributed by atoms with E-state index in [0.29, 0.717) is 0 Å². The second-order valence-electron chi connectivity index (χ2n) is 9.62. The highest BCUT2D eigenvalue weighted by Crippen LogP contribution is 2.51. The maximum atomic E-state index is 6.33. The summed E-state index contributed by atoms with van der Waals surface area (Å²) in [6.07, 6.45) is 0. The van der Waals surface area contributed by atoms with E-state index in [1.54, 1.807) is 0 Å². The van der Waals surface area contributed by atoms with Crippen LogP contribution in [0.2, 0.25) is 0 Å². The molecule has 0 aliphatic carbocycles. The molecule has 1 aromatic heterocycles. The van der Waals surface area contributed by atoms with Crippen molar-refractivity contribution in [3.63, 3.8) is 0 Å². The van der Waals surface area contributed by atoms with Crippen molar-refractivity contribution >= 4 is 28.1 Å². The molecule has 31 heavy (non-hydrogen) atoms. The molecular formula is C28H28N2O. The summed E-state index contributed by atoms with van der Waals surface area (Å²) in [4.78, 5) is 7.34. The third-order valence-electron chi connectivity index (χ3n) is 6.03. The first-order chi connectivity index (χ1) is 14.7. The van der Waals surface area contributed by atoms with Gasteiger partial charge in [-0.05, 0) is 73.2 Å². The Morgan fingerprint density at radius 2 is 1.52 bits per heavy atom. The van der Waals surface area contributed by atoms with Gasteiger partial charge in [0, 0.05) is 5.39 Å². The lowest BCUT2D eigenvalue weighted by molar-refractivity contribution is 0.475. The van der Waals surface area contributed by atoms with Crippen molar-refractivity contribution in [1.29, 1.82) is 0 Å². The van der Waals surface area contributed by atoms with Gasteiger partial charge in [0.1, 0.15) is 0 Å². The molecule has 5 rings (SSSR count). The molecule has 1 aliphatic heterocycles. The summed E-state index contributed by atoms with van der Waals surface area (Å²) in [5.41, 5.74) is 8.28. The van der Waals surface area contributed by atoms with Crippen molar-refractivity contribution in [3.8, 4) is 11.5 Å². The summed E-state index contributed by atoms with van der Waals surface area (Å²) in [6, 6.07) is 21.3. The number of benzene rings is 3. The molecule has 3 aromatic carbocycles. The Kier molecular flexibility index (Phi) is 4.33. The lowest BCUT2D eigenvalue weighted by Gasteiger charge is -2.34. The van der Waals surface area contributed by atoms with Crippen molar-refractivity contribution in [2.24, 2.45) is 0 Å². The average Bonchev–Trinajstić information content (AvgIpc) is 2.70. The van der Waals surface area contributed by atoms with Crippen LogP contribution in [0.15, 0.2) is 60.7 Å². The van der Waals surface area contributed by atoms with Gasteiger partial charge in [0.25, 0.3) is 0 Å². The molecule has 0 unspecified atom stereocenters. The van der Waals surface area contributed by atoms with Gasteiger partial charge in [-0.15, -0.1) is 0 Å². The number of fused-ring (bicyclic) bond motifs is 3. The Bertz CT molecular complexity index is 1310. The van der Waals surface area contributed by atoms with Crippen LogP contribution in [0.5, 0.6) is 11.5 Å². The third kappa shape index (κ3) is 3.25. The maximum Gasteiger partial charge on any atom is 0.181 e. The molecular weight excluding hydrogens is 380 g/mol. The number of anilines is 3. The zero-order chi connectivity index (χ0) is 21.9. The van der Waals surface area contributed by atoms with Gasteiger partial charge in [-0.25, -0.2) is 4.98 Å². The van der Waals surface area contributed by atoms with Crippen LogP contribution < -0.4 is 9.64 Å². The number of pyridine rings is 1. The fourth-order valence-corrected chi connectivity index (χ4v) is 4.43. The van der Waals surface area contributed by atoms with E-state index >= 15 is 0 Å². The summed E-state index contributed by atoms with van der Waals surface area (Å²) in [6.45, 7) is 13.3. The molecule has 0 atom stereocenters. The first kappa shape index (κ1) is 19.6. The zero-order valence-corrected chi connectivity index (χ0v) is 19.1. The van der Waals surface area contributed by atoms with E-state index in [9.17, 15) is 0 Å². The molecule has 156 valence electrons. The van der Waals surface area contributed by atoms with E-state index in [0.717, 1.165) is 33.9 Å². The van der Waals surface area contributed by atoms with E-state index in [2.05, 4.69) is 95.0 Å². The number of ether oxygens (including phenoxy) is 1. The topological polar surface area (TPSA) is 25.4 Å². The number of hydrogen-bond acceptors (Lipinski definition) is 3. The first-order valence-electron chi connectivity index (χ1n) is 10.8. The Hall–Kier alpha value is -3.33. The van der Waals surface area contributed by atoms with Crippen LogP contribution in [0.4, 0.5) is 17.2 Å².